The van der Waals surface area contributed by atoms with Crippen molar-refractivity contribution in [2.75, 3.05) is 51.5 Å². The fourth-order valence-electron chi connectivity index (χ4n) is 2.99. The van der Waals surface area contributed by atoms with E-state index < -0.39 is 37.3 Å². The van der Waals surface area contributed by atoms with E-state index in [1.54, 1.807) is 24.3 Å². The predicted octanol–water partition coefficient (Wildman–Crippen LogP) is 2.49. The first-order valence-electron chi connectivity index (χ1n) is 10.9. The number of ether oxygens (including phenoxy) is 4. The number of rotatable bonds is 12. The van der Waals surface area contributed by atoms with Gasteiger partial charge in [-0.25, -0.2) is 16.8 Å². The van der Waals surface area contributed by atoms with Gasteiger partial charge < -0.3 is 24.1 Å². The number of aliphatic hydroxyl groups excluding tert-OH is 1. The molecule has 10 nitrogen and oxygen atoms in total. The van der Waals surface area contributed by atoms with Crippen molar-refractivity contribution in [2.24, 2.45) is 0 Å². The number of carbonyl (C=O) groups excluding carboxylic acids is 1. The summed E-state index contributed by atoms with van der Waals surface area (Å²) in [4.78, 5) is 11.7. The van der Waals surface area contributed by atoms with Crippen molar-refractivity contribution < 1.29 is 45.7 Å². The van der Waals surface area contributed by atoms with Gasteiger partial charge in [-0.15, -0.1) is 0 Å². The number of methoxy groups -OCH3 is 2. The molecular weight excluding hydrogens is 512 g/mol. The van der Waals surface area contributed by atoms with Crippen LogP contribution >= 0.6 is 0 Å². The van der Waals surface area contributed by atoms with E-state index in [1.165, 1.54) is 26.4 Å². The van der Waals surface area contributed by atoms with Gasteiger partial charge in [0.1, 0.15) is 15.6 Å². The van der Waals surface area contributed by atoms with Gasteiger partial charge in [0, 0.05) is 18.1 Å². The number of ketones is 1. The van der Waals surface area contributed by atoms with Crippen LogP contribution in [0.25, 0.3) is 0 Å². The number of sulfone groups is 2. The monoisotopic (exact) mass is 546 g/mol. The van der Waals surface area contributed by atoms with E-state index in [4.69, 9.17) is 18.9 Å². The molecule has 202 valence electrons. The lowest BCUT2D eigenvalue weighted by Gasteiger charge is -2.14. The molecule has 0 fully saturated rings. The SMILES string of the molecule is CCOc1cc(C(=O)CS(C)(=O)=O)ccc1OC.CCOc1cc([C@@H](O)CS(C)(=O)=O)ccc1OC. The summed E-state index contributed by atoms with van der Waals surface area (Å²) >= 11 is 0. The predicted molar refractivity (Wildman–Crippen MR) is 137 cm³/mol. The number of aliphatic hydroxyl groups is 1. The first-order chi connectivity index (χ1) is 16.7. The van der Waals surface area contributed by atoms with Crippen LogP contribution in [0.2, 0.25) is 0 Å². The maximum atomic E-state index is 11.7. The average molecular weight is 547 g/mol. The molecule has 36 heavy (non-hydrogen) atoms. The summed E-state index contributed by atoms with van der Waals surface area (Å²) in [6, 6.07) is 9.46. The third-order valence-corrected chi connectivity index (χ3v) is 6.22. The topological polar surface area (TPSA) is 142 Å². The van der Waals surface area contributed by atoms with Gasteiger partial charge in [-0.2, -0.15) is 0 Å². The molecule has 0 spiro atoms. The number of carbonyl (C=O) groups is 1. The van der Waals surface area contributed by atoms with E-state index in [0.717, 1.165) is 12.5 Å². The molecule has 2 aromatic carbocycles. The Balaban J connectivity index is 0.000000360. The molecule has 0 aliphatic rings. The zero-order chi connectivity index (χ0) is 27.5. The van der Waals surface area contributed by atoms with Crippen LogP contribution in [0.4, 0.5) is 0 Å². The van der Waals surface area contributed by atoms with Gasteiger partial charge in [-0.3, -0.25) is 4.79 Å². The number of hydrogen-bond acceptors (Lipinski definition) is 10. The third-order valence-electron chi connectivity index (χ3n) is 4.51. The zero-order valence-corrected chi connectivity index (χ0v) is 22.9. The minimum absolute atomic E-state index is 0.296. The smallest absolute Gasteiger partial charge is 0.177 e. The lowest BCUT2D eigenvalue weighted by atomic mass is 10.1. The Morgan fingerprint density at radius 1 is 0.806 bits per heavy atom. The molecule has 0 amide bonds. The molecule has 2 aromatic rings. The van der Waals surface area contributed by atoms with Crippen LogP contribution in [-0.4, -0.2) is 79.2 Å². The second kappa shape index (κ2) is 14.0. The lowest BCUT2D eigenvalue weighted by molar-refractivity contribution is 0.102. The first-order valence-corrected chi connectivity index (χ1v) is 15.0. The molecule has 0 saturated carbocycles. The van der Waals surface area contributed by atoms with Gasteiger partial charge in [-0.1, -0.05) is 6.07 Å². The van der Waals surface area contributed by atoms with Gasteiger partial charge in [-0.05, 0) is 49.7 Å². The Bertz CT molecular complexity index is 1220. The molecule has 0 unspecified atom stereocenters. The highest BCUT2D eigenvalue weighted by molar-refractivity contribution is 7.91. The van der Waals surface area contributed by atoms with Gasteiger partial charge in [0.2, 0.25) is 0 Å². The van der Waals surface area contributed by atoms with Gasteiger partial charge >= 0.3 is 0 Å². The molecule has 0 aliphatic heterocycles. The molecule has 1 N–H and O–H groups in total. The van der Waals surface area contributed by atoms with Crippen LogP contribution < -0.4 is 18.9 Å². The third kappa shape index (κ3) is 10.8. The molecule has 0 aliphatic carbocycles. The molecule has 0 bridgehead atoms. The fourth-order valence-corrected chi connectivity index (χ4v) is 4.40. The standard InChI is InChI=1S/C12H18O5S.C12H16O5S/c2*1-4-17-12-7-9(5-6-11(12)16-2)10(13)8-18(3,14)15/h5-7,10,13H,4,8H2,1-3H3;5-7H,4,8H2,1-3H3/t10-;/m0./s1. The minimum atomic E-state index is -3.33. The number of Topliss-reactive ketones (excluding diaryl/α,β-unsaturated/α-hetero) is 1. The zero-order valence-electron chi connectivity index (χ0n) is 21.3. The largest absolute Gasteiger partial charge is 0.493 e. The summed E-state index contributed by atoms with van der Waals surface area (Å²) in [6.07, 6.45) is 1.05. The van der Waals surface area contributed by atoms with E-state index >= 15 is 0 Å². The summed E-state index contributed by atoms with van der Waals surface area (Å²) in [6.45, 7) is 4.53. The molecule has 0 saturated heterocycles. The van der Waals surface area contributed by atoms with E-state index in [1.807, 2.05) is 13.8 Å². The first kappa shape index (κ1) is 31.2. The van der Waals surface area contributed by atoms with Crippen LogP contribution in [0.15, 0.2) is 36.4 Å². The lowest BCUT2D eigenvalue weighted by Crippen LogP contribution is -2.14. The molecule has 2 rings (SSSR count). The highest BCUT2D eigenvalue weighted by Gasteiger charge is 2.17. The van der Waals surface area contributed by atoms with Crippen molar-refractivity contribution in [3.05, 3.63) is 47.5 Å². The summed E-state index contributed by atoms with van der Waals surface area (Å²) < 4.78 is 65.3. The molecule has 0 heterocycles. The number of benzene rings is 2. The molecule has 0 aromatic heterocycles. The van der Waals surface area contributed by atoms with Gasteiger partial charge in [0.15, 0.2) is 38.6 Å². The van der Waals surface area contributed by atoms with Gasteiger partial charge in [0.25, 0.3) is 0 Å². The Morgan fingerprint density at radius 2 is 1.31 bits per heavy atom. The van der Waals surface area contributed by atoms with E-state index in [2.05, 4.69) is 0 Å². The molecule has 12 heteroatoms. The van der Waals surface area contributed by atoms with Crippen molar-refractivity contribution >= 4 is 25.5 Å². The van der Waals surface area contributed by atoms with E-state index in [-0.39, 0.29) is 5.75 Å². The number of hydrogen-bond donors (Lipinski definition) is 1. The second-order valence-corrected chi connectivity index (χ2v) is 12.1. The Morgan fingerprint density at radius 3 is 1.75 bits per heavy atom. The Kier molecular flexibility index (Phi) is 12.2. The molecule has 1 atom stereocenters. The van der Waals surface area contributed by atoms with Gasteiger partial charge in [0.05, 0.1) is 39.3 Å². The minimum Gasteiger partial charge on any atom is -0.493 e. The van der Waals surface area contributed by atoms with Crippen molar-refractivity contribution in [1.29, 1.82) is 0 Å². The van der Waals surface area contributed by atoms with Crippen LogP contribution in [0.5, 0.6) is 23.0 Å². The quantitative estimate of drug-likeness (QED) is 0.395. The van der Waals surface area contributed by atoms with E-state index in [0.29, 0.717) is 47.3 Å². The van der Waals surface area contributed by atoms with Crippen LogP contribution in [0.1, 0.15) is 35.9 Å². The second-order valence-electron chi connectivity index (χ2n) is 7.74. The van der Waals surface area contributed by atoms with Crippen LogP contribution in [0, 0.1) is 0 Å². The van der Waals surface area contributed by atoms with Crippen molar-refractivity contribution in [3.8, 4) is 23.0 Å². The van der Waals surface area contributed by atoms with Crippen LogP contribution in [-0.2, 0) is 19.7 Å². The Hall–Kier alpha value is -2.83. The highest BCUT2D eigenvalue weighted by atomic mass is 32.2. The average Bonchev–Trinajstić information content (AvgIpc) is 2.77. The molecular formula is C24H34O10S2. The van der Waals surface area contributed by atoms with Crippen LogP contribution in [0.3, 0.4) is 0 Å². The highest BCUT2D eigenvalue weighted by Crippen LogP contribution is 2.31. The Labute approximate surface area is 213 Å². The maximum absolute atomic E-state index is 11.7. The van der Waals surface area contributed by atoms with Crippen molar-refractivity contribution in [2.45, 2.75) is 20.0 Å². The fraction of sp³-hybridized carbons (Fsp3) is 0.458. The summed E-state index contributed by atoms with van der Waals surface area (Å²) in [5.74, 6) is 0.695. The normalized spacial score (nSPS) is 12.1. The maximum Gasteiger partial charge on any atom is 0.177 e. The van der Waals surface area contributed by atoms with Crippen molar-refractivity contribution in [1.82, 2.24) is 0 Å². The summed E-state index contributed by atoms with van der Waals surface area (Å²) in [5.41, 5.74) is 0.786. The molecule has 0 radical (unpaired) electrons. The van der Waals surface area contributed by atoms with E-state index in [9.17, 15) is 26.7 Å². The summed E-state index contributed by atoms with van der Waals surface area (Å²) in [5, 5.41) is 9.84. The van der Waals surface area contributed by atoms with Crippen molar-refractivity contribution in [3.63, 3.8) is 0 Å². The summed E-state index contributed by atoms with van der Waals surface area (Å²) in [7, 11) is -3.55.